The maximum atomic E-state index is 12.4. The Morgan fingerprint density at radius 1 is 0.341 bits per heavy atom. The average Bonchev–Trinajstić information content (AvgIpc) is 2.00. The molecule has 0 unspecified atom stereocenters. The van der Waals surface area contributed by atoms with Gasteiger partial charge in [0.15, 0.2) is 6.29 Å². The number of thiophene rings is 3. The van der Waals surface area contributed by atoms with Crippen molar-refractivity contribution < 1.29 is 4.79 Å². The second-order valence-electron chi connectivity index (χ2n) is 25.2. The minimum absolute atomic E-state index is 0.135. The SMILES string of the molecule is CCCCCCC1(CCCCCC)c2cc(-c3ccc(I)s3)ccc2-c2c1c1c(c3c2C(CCCCCC)(CCCCCC)c2cc(-c4ccc(C=O)s4)ccc2-3)C(CCCCCC)(CCCCCC)c2cc(-c3ccc(I)s3)ccc2-1. The molecular weight excluding hydrogens is 1280 g/mol. The van der Waals surface area contributed by atoms with E-state index in [1.54, 1.807) is 72.5 Å². The van der Waals surface area contributed by atoms with Crippen LogP contribution in [0.5, 0.6) is 0 Å². The highest BCUT2D eigenvalue weighted by Gasteiger charge is 2.58. The van der Waals surface area contributed by atoms with Gasteiger partial charge in [-0.05, 0) is 222 Å². The third-order valence-corrected chi connectivity index (χ3v) is 24.8. The van der Waals surface area contributed by atoms with Gasteiger partial charge in [-0.1, -0.05) is 232 Å². The van der Waals surface area contributed by atoms with Crippen molar-refractivity contribution in [1.82, 2.24) is 0 Å². The third-order valence-electron chi connectivity index (χ3n) is 19.8. The molecule has 4 aromatic carbocycles. The van der Waals surface area contributed by atoms with E-state index in [4.69, 9.17) is 0 Å². The number of carbonyl (C=O) groups excluding carboxylic acids is 1. The maximum Gasteiger partial charge on any atom is 0.160 e. The molecule has 436 valence electrons. The number of hydrogen-bond acceptors (Lipinski definition) is 4. The van der Waals surface area contributed by atoms with Crippen molar-refractivity contribution in [2.45, 2.75) is 250 Å². The minimum Gasteiger partial charge on any atom is -0.297 e. The Morgan fingerprint density at radius 3 is 0.866 bits per heavy atom. The molecule has 0 N–H and O–H groups in total. The van der Waals surface area contributed by atoms with Crippen LogP contribution in [0, 0.1) is 5.77 Å². The number of unbranched alkanes of at least 4 members (excludes halogenated alkanes) is 18. The molecular formula is C76H94I2OS3. The molecule has 10 rings (SSSR count). The van der Waals surface area contributed by atoms with Gasteiger partial charge in [0.1, 0.15) is 0 Å². The Hall–Kier alpha value is -2.89. The standard InChI is InChI=1S/C76H94I2OS3/c1-7-13-19-25-43-74(44-26-20-14-8-2)60-49-53(63-38-34-56(52-79)80-63)31-35-57(60)68-71(74)69-58-36-32-54(64-39-41-66(77)81-64)50-61(58)76(47-29-23-17-11-5,48-30-24-18-12-6)73(69)70-59-37-33-55(65-40-42-67(78)82-65)51-62(59)75(72(68)70,45-27-21-15-9-3)46-28-22-16-10-4/h31-42,49-52H,7-30,43-48H2,1-6H3. The van der Waals surface area contributed by atoms with Crippen LogP contribution in [0.25, 0.3) is 64.7 Å². The number of halogens is 2. The van der Waals surface area contributed by atoms with Gasteiger partial charge in [0.2, 0.25) is 0 Å². The first kappa shape index (κ1) is 62.2. The van der Waals surface area contributed by atoms with Crippen LogP contribution < -0.4 is 0 Å². The normalized spacial score (nSPS) is 14.7. The zero-order valence-corrected chi connectivity index (χ0v) is 57.6. The van der Waals surface area contributed by atoms with Crippen LogP contribution in [-0.4, -0.2) is 6.29 Å². The Labute approximate surface area is 535 Å². The summed E-state index contributed by atoms with van der Waals surface area (Å²) in [5.74, 6) is 0. The van der Waals surface area contributed by atoms with Crippen LogP contribution >= 0.6 is 79.2 Å². The molecule has 0 bridgehead atoms. The predicted octanol–water partition coefficient (Wildman–Crippen LogP) is 26.5. The van der Waals surface area contributed by atoms with Gasteiger partial charge in [-0.15, -0.1) is 34.0 Å². The summed E-state index contributed by atoms with van der Waals surface area (Å²) in [5, 5.41) is 0. The van der Waals surface area contributed by atoms with Crippen molar-refractivity contribution in [2.24, 2.45) is 0 Å². The summed E-state index contributed by atoms with van der Waals surface area (Å²) in [6.45, 7) is 14.4. The zero-order chi connectivity index (χ0) is 57.3. The summed E-state index contributed by atoms with van der Waals surface area (Å²) in [4.78, 5) is 17.2. The molecule has 6 heteroatoms. The van der Waals surface area contributed by atoms with Gasteiger partial charge < -0.3 is 0 Å². The van der Waals surface area contributed by atoms with Gasteiger partial charge in [0, 0.05) is 30.9 Å². The maximum absolute atomic E-state index is 12.4. The monoisotopic (exact) mass is 1370 g/mol. The van der Waals surface area contributed by atoms with E-state index in [-0.39, 0.29) is 16.2 Å². The highest BCUT2D eigenvalue weighted by atomic mass is 127. The van der Waals surface area contributed by atoms with Gasteiger partial charge in [0.25, 0.3) is 0 Å². The molecule has 0 fully saturated rings. The van der Waals surface area contributed by atoms with Crippen LogP contribution in [0.15, 0.2) is 91.0 Å². The highest BCUT2D eigenvalue weighted by Crippen LogP contribution is 2.72. The summed E-state index contributed by atoms with van der Waals surface area (Å²) in [6, 6.07) is 37.6. The van der Waals surface area contributed by atoms with Crippen molar-refractivity contribution in [2.75, 3.05) is 0 Å². The Kier molecular flexibility index (Phi) is 21.8. The summed E-state index contributed by atoms with van der Waals surface area (Å²) in [5.41, 5.74) is 23.3. The zero-order valence-electron chi connectivity index (χ0n) is 50.8. The average molecular weight is 1370 g/mol. The molecule has 0 atom stereocenters. The van der Waals surface area contributed by atoms with Gasteiger partial charge >= 0.3 is 0 Å². The van der Waals surface area contributed by atoms with Gasteiger partial charge in [-0.3, -0.25) is 4.79 Å². The molecule has 3 aliphatic rings. The molecule has 82 heavy (non-hydrogen) atoms. The molecule has 0 spiro atoms. The number of aldehydes is 1. The number of rotatable bonds is 34. The van der Waals surface area contributed by atoms with E-state index in [1.807, 2.05) is 28.7 Å². The molecule has 0 radical (unpaired) electrons. The van der Waals surface area contributed by atoms with Crippen molar-refractivity contribution in [1.29, 1.82) is 0 Å². The molecule has 7 aromatic rings. The first-order valence-corrected chi connectivity index (χ1v) is 37.5. The van der Waals surface area contributed by atoms with E-state index in [0.29, 0.717) is 0 Å². The number of carbonyl (C=O) groups is 1. The predicted molar refractivity (Wildman–Crippen MR) is 378 cm³/mol. The highest BCUT2D eigenvalue weighted by molar-refractivity contribution is 14.1. The molecule has 0 amide bonds. The van der Waals surface area contributed by atoms with Crippen molar-refractivity contribution >= 4 is 85.5 Å². The van der Waals surface area contributed by atoms with Gasteiger partial charge in [-0.25, -0.2) is 0 Å². The molecule has 3 aromatic heterocycles. The molecule has 1 nitrogen and oxygen atoms in total. The van der Waals surface area contributed by atoms with Crippen LogP contribution in [0.2, 0.25) is 0 Å². The summed E-state index contributed by atoms with van der Waals surface area (Å²) < 4.78 is 2.72. The van der Waals surface area contributed by atoms with Crippen molar-refractivity contribution in [3.8, 4) is 64.7 Å². The lowest BCUT2D eigenvalue weighted by molar-refractivity contribution is 0.112. The lowest BCUT2D eigenvalue weighted by Gasteiger charge is -2.40. The lowest BCUT2D eigenvalue weighted by Crippen LogP contribution is -2.31. The lowest BCUT2D eigenvalue weighted by atomic mass is 9.63. The molecule has 0 saturated heterocycles. The van der Waals surface area contributed by atoms with E-state index >= 15 is 0 Å². The first-order chi connectivity index (χ1) is 40.2. The third kappa shape index (κ3) is 12.2. The second kappa shape index (κ2) is 28.7. The van der Waals surface area contributed by atoms with Crippen LogP contribution in [0.4, 0.5) is 0 Å². The quantitative estimate of drug-likeness (QED) is 0.0223. The largest absolute Gasteiger partial charge is 0.297 e. The van der Waals surface area contributed by atoms with E-state index in [1.165, 1.54) is 235 Å². The molecule has 3 aliphatic carbocycles. The van der Waals surface area contributed by atoms with Crippen LogP contribution in [-0.2, 0) is 16.2 Å². The fourth-order valence-electron chi connectivity index (χ4n) is 15.9. The molecule has 3 heterocycles. The topological polar surface area (TPSA) is 17.1 Å². The van der Waals surface area contributed by atoms with E-state index in [2.05, 4.69) is 172 Å². The smallest absolute Gasteiger partial charge is 0.160 e. The fraction of sp³-hybridized carbons (Fsp3) is 0.513. The second-order valence-corrected chi connectivity index (χ2v) is 32.2. The summed E-state index contributed by atoms with van der Waals surface area (Å²) >= 11 is 10.7. The minimum atomic E-state index is -0.171. The Bertz CT molecular complexity index is 3190. The number of hydrogen-bond donors (Lipinski definition) is 0. The number of benzene rings is 4. The summed E-state index contributed by atoms with van der Waals surface area (Å²) in [6.07, 6.45) is 38.5. The Morgan fingerprint density at radius 2 is 0.622 bits per heavy atom. The van der Waals surface area contributed by atoms with E-state index in [0.717, 1.165) is 11.2 Å². The van der Waals surface area contributed by atoms with Crippen molar-refractivity contribution in [3.05, 3.63) is 135 Å². The summed E-state index contributed by atoms with van der Waals surface area (Å²) in [7, 11) is 0. The van der Waals surface area contributed by atoms with Crippen LogP contribution in [0.1, 0.15) is 277 Å². The van der Waals surface area contributed by atoms with E-state index < -0.39 is 0 Å². The fourth-order valence-corrected chi connectivity index (χ4v) is 20.0. The van der Waals surface area contributed by atoms with Crippen molar-refractivity contribution in [3.63, 3.8) is 0 Å². The van der Waals surface area contributed by atoms with Gasteiger partial charge in [0.05, 0.1) is 10.6 Å². The van der Waals surface area contributed by atoms with Crippen LogP contribution in [0.3, 0.4) is 0 Å². The van der Waals surface area contributed by atoms with E-state index in [9.17, 15) is 4.79 Å². The molecule has 0 aliphatic heterocycles. The Balaban J connectivity index is 1.41. The number of fused-ring (bicyclic) bond motifs is 12. The molecule has 0 saturated carbocycles. The van der Waals surface area contributed by atoms with Gasteiger partial charge in [-0.2, -0.15) is 0 Å². The first-order valence-electron chi connectivity index (χ1n) is 32.9.